The summed E-state index contributed by atoms with van der Waals surface area (Å²) in [5, 5.41) is 1.71. The Labute approximate surface area is 102 Å². The highest BCUT2D eigenvalue weighted by molar-refractivity contribution is 5.95. The first kappa shape index (κ1) is 11.9. The highest BCUT2D eigenvalue weighted by atomic mass is 16.7. The standard InChI is InChI=1S/C14H17NO2/c1-14(2,3)15-10-12(13(16)17-15)9-11-7-5-4-6-8-11/h4-9H,10H2,1-3H3/b12-9+. The first-order valence-electron chi connectivity index (χ1n) is 5.72. The number of carbonyl (C=O) groups excluding carboxylic acids is 1. The molecule has 17 heavy (non-hydrogen) atoms. The molecule has 1 aromatic carbocycles. The largest absolute Gasteiger partial charge is 0.363 e. The van der Waals surface area contributed by atoms with Crippen LogP contribution in [0.3, 0.4) is 0 Å². The van der Waals surface area contributed by atoms with Gasteiger partial charge in [-0.25, -0.2) is 4.79 Å². The number of hydrogen-bond acceptors (Lipinski definition) is 3. The highest BCUT2D eigenvalue weighted by Crippen LogP contribution is 2.24. The zero-order valence-electron chi connectivity index (χ0n) is 10.4. The number of carbonyl (C=O) groups is 1. The highest BCUT2D eigenvalue weighted by Gasteiger charge is 2.34. The van der Waals surface area contributed by atoms with Gasteiger partial charge in [-0.15, -0.1) is 5.06 Å². The molecule has 0 bridgehead atoms. The summed E-state index contributed by atoms with van der Waals surface area (Å²) in [6, 6.07) is 9.80. The first-order chi connectivity index (χ1) is 7.97. The van der Waals surface area contributed by atoms with Crippen LogP contribution in [0.25, 0.3) is 6.08 Å². The number of nitrogens with zero attached hydrogens (tertiary/aromatic N) is 1. The van der Waals surface area contributed by atoms with Crippen molar-refractivity contribution in [3.05, 3.63) is 41.5 Å². The van der Waals surface area contributed by atoms with Crippen molar-refractivity contribution in [3.8, 4) is 0 Å². The van der Waals surface area contributed by atoms with Crippen LogP contribution in [-0.2, 0) is 9.63 Å². The van der Waals surface area contributed by atoms with E-state index < -0.39 is 0 Å². The van der Waals surface area contributed by atoms with Crippen LogP contribution < -0.4 is 0 Å². The molecule has 1 saturated heterocycles. The van der Waals surface area contributed by atoms with Crippen LogP contribution in [0.2, 0.25) is 0 Å². The van der Waals surface area contributed by atoms with Gasteiger partial charge in [0.15, 0.2) is 0 Å². The van der Waals surface area contributed by atoms with Gasteiger partial charge in [-0.1, -0.05) is 30.3 Å². The van der Waals surface area contributed by atoms with E-state index in [-0.39, 0.29) is 11.5 Å². The Balaban J connectivity index is 2.19. The van der Waals surface area contributed by atoms with Crippen LogP contribution >= 0.6 is 0 Å². The minimum absolute atomic E-state index is 0.165. The molecule has 90 valence electrons. The van der Waals surface area contributed by atoms with Crippen molar-refractivity contribution in [2.24, 2.45) is 0 Å². The van der Waals surface area contributed by atoms with E-state index in [9.17, 15) is 4.79 Å². The van der Waals surface area contributed by atoms with Crippen LogP contribution in [0.1, 0.15) is 26.3 Å². The minimum Gasteiger partial charge on any atom is -0.363 e. The van der Waals surface area contributed by atoms with E-state index in [0.29, 0.717) is 12.1 Å². The van der Waals surface area contributed by atoms with Crippen molar-refractivity contribution in [2.75, 3.05) is 6.54 Å². The summed E-state index contributed by atoms with van der Waals surface area (Å²) >= 11 is 0. The molecule has 0 unspecified atom stereocenters. The van der Waals surface area contributed by atoms with Gasteiger partial charge >= 0.3 is 5.97 Å². The lowest BCUT2D eigenvalue weighted by Gasteiger charge is -2.27. The number of rotatable bonds is 1. The average Bonchev–Trinajstić information content (AvgIpc) is 2.62. The van der Waals surface area contributed by atoms with Crippen LogP contribution in [0, 0.1) is 0 Å². The van der Waals surface area contributed by atoms with Gasteiger partial charge in [-0.3, -0.25) is 0 Å². The molecule has 0 spiro atoms. The van der Waals surface area contributed by atoms with Crippen LogP contribution in [-0.4, -0.2) is 23.1 Å². The zero-order chi connectivity index (χ0) is 12.5. The molecule has 0 amide bonds. The van der Waals surface area contributed by atoms with Crippen LogP contribution in [0.4, 0.5) is 0 Å². The van der Waals surface area contributed by atoms with E-state index >= 15 is 0 Å². The fourth-order valence-corrected chi connectivity index (χ4v) is 1.64. The summed E-state index contributed by atoms with van der Waals surface area (Å²) in [6.07, 6.45) is 1.88. The fraction of sp³-hybridized carbons (Fsp3) is 0.357. The third-order valence-corrected chi connectivity index (χ3v) is 2.66. The number of hydroxylamine groups is 2. The lowest BCUT2D eigenvalue weighted by atomic mass is 10.1. The maximum absolute atomic E-state index is 11.7. The Hall–Kier alpha value is -1.61. The van der Waals surface area contributed by atoms with Crippen molar-refractivity contribution in [3.63, 3.8) is 0 Å². The predicted molar refractivity (Wildman–Crippen MR) is 67.0 cm³/mol. The summed E-state index contributed by atoms with van der Waals surface area (Å²) in [7, 11) is 0. The smallest absolute Gasteiger partial charge is 0.354 e. The normalized spacial score (nSPS) is 19.7. The Morgan fingerprint density at radius 3 is 2.41 bits per heavy atom. The molecular weight excluding hydrogens is 214 g/mol. The quantitative estimate of drug-likeness (QED) is 0.696. The van der Waals surface area contributed by atoms with Gasteiger partial charge < -0.3 is 4.84 Å². The zero-order valence-corrected chi connectivity index (χ0v) is 10.4. The predicted octanol–water partition coefficient (Wildman–Crippen LogP) is 2.64. The molecule has 0 aromatic heterocycles. The second kappa shape index (κ2) is 4.34. The molecule has 0 saturated carbocycles. The number of hydrogen-bond donors (Lipinski definition) is 0. The van der Waals surface area contributed by atoms with Crippen LogP contribution in [0.5, 0.6) is 0 Å². The Morgan fingerprint density at radius 1 is 1.24 bits per heavy atom. The van der Waals surface area contributed by atoms with Gasteiger partial charge in [0.05, 0.1) is 12.1 Å². The molecule has 1 aliphatic rings. The Morgan fingerprint density at radius 2 is 1.88 bits per heavy atom. The molecule has 0 atom stereocenters. The SMILES string of the molecule is CC(C)(C)N1C/C(=C\c2ccccc2)C(=O)O1. The van der Waals surface area contributed by atoms with Crippen molar-refractivity contribution in [2.45, 2.75) is 26.3 Å². The van der Waals surface area contributed by atoms with Gasteiger partial charge in [0.1, 0.15) is 0 Å². The average molecular weight is 231 g/mol. The van der Waals surface area contributed by atoms with E-state index in [4.69, 9.17) is 4.84 Å². The van der Waals surface area contributed by atoms with E-state index in [1.807, 2.05) is 57.2 Å². The Kier molecular flexibility index (Phi) is 3.03. The molecule has 1 aromatic rings. The monoisotopic (exact) mass is 231 g/mol. The van der Waals surface area contributed by atoms with Gasteiger partial charge in [-0.2, -0.15) is 0 Å². The first-order valence-corrected chi connectivity index (χ1v) is 5.72. The van der Waals surface area contributed by atoms with Gasteiger partial charge in [-0.05, 0) is 32.4 Å². The van der Waals surface area contributed by atoms with Crippen molar-refractivity contribution in [1.82, 2.24) is 5.06 Å². The van der Waals surface area contributed by atoms with Crippen molar-refractivity contribution < 1.29 is 9.63 Å². The molecule has 1 fully saturated rings. The molecule has 0 aliphatic carbocycles. The molecule has 0 radical (unpaired) electrons. The second-order valence-corrected chi connectivity index (χ2v) is 5.17. The molecule has 3 heteroatoms. The third-order valence-electron chi connectivity index (χ3n) is 2.66. The third kappa shape index (κ3) is 2.74. The molecule has 1 aliphatic heterocycles. The van der Waals surface area contributed by atoms with Gasteiger partial charge in [0, 0.05) is 5.54 Å². The van der Waals surface area contributed by atoms with Crippen molar-refractivity contribution in [1.29, 1.82) is 0 Å². The van der Waals surface area contributed by atoms with Crippen LogP contribution in [0.15, 0.2) is 35.9 Å². The molecule has 1 heterocycles. The van der Waals surface area contributed by atoms with Gasteiger partial charge in [0.2, 0.25) is 0 Å². The van der Waals surface area contributed by atoms with Gasteiger partial charge in [0.25, 0.3) is 0 Å². The number of benzene rings is 1. The maximum atomic E-state index is 11.7. The summed E-state index contributed by atoms with van der Waals surface area (Å²) in [4.78, 5) is 16.9. The topological polar surface area (TPSA) is 29.5 Å². The molecular formula is C14H17NO2. The van der Waals surface area contributed by atoms with E-state index in [2.05, 4.69) is 0 Å². The maximum Gasteiger partial charge on any atom is 0.354 e. The summed E-state index contributed by atoms with van der Waals surface area (Å²) in [5.74, 6) is -0.247. The summed E-state index contributed by atoms with van der Waals surface area (Å²) in [6.45, 7) is 6.60. The van der Waals surface area contributed by atoms with E-state index in [1.165, 1.54) is 0 Å². The van der Waals surface area contributed by atoms with Crippen molar-refractivity contribution >= 4 is 12.0 Å². The second-order valence-electron chi connectivity index (χ2n) is 5.17. The molecule has 2 rings (SSSR count). The lowest BCUT2D eigenvalue weighted by molar-refractivity contribution is -0.189. The fourth-order valence-electron chi connectivity index (χ4n) is 1.64. The van der Waals surface area contributed by atoms with E-state index in [1.54, 1.807) is 5.06 Å². The Bertz CT molecular complexity index is 443. The summed E-state index contributed by atoms with van der Waals surface area (Å²) in [5.41, 5.74) is 1.56. The molecule has 0 N–H and O–H groups in total. The molecule has 3 nitrogen and oxygen atoms in total. The summed E-state index contributed by atoms with van der Waals surface area (Å²) < 4.78 is 0. The lowest BCUT2D eigenvalue weighted by Crippen LogP contribution is -2.38. The van der Waals surface area contributed by atoms with E-state index in [0.717, 1.165) is 5.56 Å². The minimum atomic E-state index is -0.247.